The van der Waals surface area contributed by atoms with Crippen molar-refractivity contribution in [1.29, 1.82) is 0 Å². The summed E-state index contributed by atoms with van der Waals surface area (Å²) in [4.78, 5) is 23.2. The summed E-state index contributed by atoms with van der Waals surface area (Å²) in [6.45, 7) is 8.86. The van der Waals surface area contributed by atoms with Crippen LogP contribution in [0.5, 0.6) is 0 Å². The number of pyridine rings is 2. The number of carbonyl (C=O) groups excluding carboxylic acids is 1. The fourth-order valence-corrected chi connectivity index (χ4v) is 4.95. The molecule has 0 saturated carbocycles. The number of hydrogen-bond donors (Lipinski definition) is 1. The van der Waals surface area contributed by atoms with Crippen LogP contribution in [0, 0.1) is 19.7 Å². The molecule has 35 heavy (non-hydrogen) atoms. The average molecular weight is 517 g/mol. The highest BCUT2D eigenvalue weighted by Gasteiger charge is 2.26. The molecule has 3 aromatic rings. The largest absolute Gasteiger partial charge is 0.372 e. The third-order valence-corrected chi connectivity index (χ3v) is 6.39. The van der Waals surface area contributed by atoms with Crippen LogP contribution in [0.3, 0.4) is 0 Å². The van der Waals surface area contributed by atoms with Crippen molar-refractivity contribution in [2.24, 2.45) is 0 Å². The zero-order chi connectivity index (χ0) is 25.3. The predicted molar refractivity (Wildman–Crippen MR) is 137 cm³/mol. The molecule has 0 unspecified atom stereocenters. The summed E-state index contributed by atoms with van der Waals surface area (Å²) in [6, 6.07) is 8.91. The van der Waals surface area contributed by atoms with E-state index in [1.54, 1.807) is 6.07 Å². The summed E-state index contributed by atoms with van der Waals surface area (Å²) in [5.41, 5.74) is 4.21. The SMILES string of the molecule is Cc1cc(-c2ccc(N3C[C@@H](C)O[C@@H](C)C3)c(F)c2CNC(=O)c2cnc(Cl)cc2Cl)cc(C)n1. The van der Waals surface area contributed by atoms with Gasteiger partial charge in [-0.3, -0.25) is 9.78 Å². The Hall–Kier alpha value is -2.74. The van der Waals surface area contributed by atoms with E-state index in [1.807, 2.05) is 50.8 Å². The summed E-state index contributed by atoms with van der Waals surface area (Å²) in [6.07, 6.45) is 1.26. The van der Waals surface area contributed by atoms with E-state index >= 15 is 4.39 Å². The predicted octanol–water partition coefficient (Wildman–Crippen LogP) is 5.75. The Labute approximate surface area is 214 Å². The Morgan fingerprint density at radius 2 is 1.80 bits per heavy atom. The van der Waals surface area contributed by atoms with Crippen LogP contribution in [0.2, 0.25) is 10.2 Å². The van der Waals surface area contributed by atoms with Gasteiger partial charge in [-0.2, -0.15) is 0 Å². The number of nitrogens with zero attached hydrogens (tertiary/aromatic N) is 3. The number of rotatable bonds is 5. The first-order valence-electron chi connectivity index (χ1n) is 11.4. The molecule has 0 bridgehead atoms. The molecule has 0 radical (unpaired) electrons. The number of amides is 1. The number of benzene rings is 1. The molecule has 3 heterocycles. The van der Waals surface area contributed by atoms with Crippen LogP contribution in [0.15, 0.2) is 36.5 Å². The summed E-state index contributed by atoms with van der Waals surface area (Å²) in [7, 11) is 0. The lowest BCUT2D eigenvalue weighted by Crippen LogP contribution is -2.46. The molecule has 1 amide bonds. The van der Waals surface area contributed by atoms with Crippen molar-refractivity contribution < 1.29 is 13.9 Å². The quantitative estimate of drug-likeness (QED) is 0.437. The molecule has 1 N–H and O–H groups in total. The molecule has 0 aliphatic carbocycles. The number of nitrogens with one attached hydrogen (secondary N) is 1. The van der Waals surface area contributed by atoms with E-state index in [1.165, 1.54) is 12.3 Å². The summed E-state index contributed by atoms with van der Waals surface area (Å²) >= 11 is 12.0. The van der Waals surface area contributed by atoms with Crippen molar-refractivity contribution in [2.45, 2.75) is 46.4 Å². The fraction of sp³-hybridized carbons (Fsp3) is 0.346. The smallest absolute Gasteiger partial charge is 0.254 e. The van der Waals surface area contributed by atoms with E-state index in [2.05, 4.69) is 15.3 Å². The Morgan fingerprint density at radius 1 is 1.14 bits per heavy atom. The second-order valence-electron chi connectivity index (χ2n) is 8.90. The Morgan fingerprint density at radius 3 is 2.43 bits per heavy atom. The normalized spacial score (nSPS) is 18.0. The van der Waals surface area contributed by atoms with Gasteiger partial charge < -0.3 is 15.0 Å². The fourth-order valence-electron chi connectivity index (χ4n) is 4.50. The monoisotopic (exact) mass is 516 g/mol. The third kappa shape index (κ3) is 5.74. The van der Waals surface area contributed by atoms with Crippen molar-refractivity contribution in [2.75, 3.05) is 18.0 Å². The van der Waals surface area contributed by atoms with Gasteiger partial charge in [0.2, 0.25) is 0 Å². The van der Waals surface area contributed by atoms with Crippen molar-refractivity contribution in [1.82, 2.24) is 15.3 Å². The van der Waals surface area contributed by atoms with Crippen molar-refractivity contribution in [3.05, 3.63) is 75.0 Å². The molecule has 2 aromatic heterocycles. The summed E-state index contributed by atoms with van der Waals surface area (Å²) in [5, 5.41) is 3.16. The topological polar surface area (TPSA) is 67.3 Å². The molecule has 184 valence electrons. The maximum absolute atomic E-state index is 16.1. The molecule has 1 aliphatic heterocycles. The van der Waals surface area contributed by atoms with E-state index < -0.39 is 5.91 Å². The van der Waals surface area contributed by atoms with Gasteiger partial charge in [-0.05, 0) is 63.1 Å². The summed E-state index contributed by atoms with van der Waals surface area (Å²) in [5.74, 6) is -0.845. The maximum atomic E-state index is 16.1. The van der Waals surface area contributed by atoms with Gasteiger partial charge in [0, 0.05) is 42.8 Å². The van der Waals surface area contributed by atoms with Crippen LogP contribution in [-0.4, -0.2) is 41.2 Å². The molecule has 6 nitrogen and oxygen atoms in total. The minimum Gasteiger partial charge on any atom is -0.372 e. The standard InChI is InChI=1S/C26H27Cl2FN4O2/c1-14-7-18(8-15(2)32-14)19-5-6-23(33-12-16(3)35-17(4)13-33)25(29)20(19)10-31-26(34)21-11-30-24(28)9-22(21)27/h5-9,11,16-17H,10,12-13H2,1-4H3,(H,31,34)/t16-,17+. The highest BCUT2D eigenvalue weighted by Crippen LogP contribution is 2.34. The molecule has 9 heteroatoms. The zero-order valence-electron chi connectivity index (χ0n) is 20.0. The van der Waals surface area contributed by atoms with Gasteiger partial charge in [0.1, 0.15) is 5.15 Å². The number of halogens is 3. The number of ether oxygens (including phenoxy) is 1. The second-order valence-corrected chi connectivity index (χ2v) is 9.69. The molecular formula is C26H27Cl2FN4O2. The van der Waals surface area contributed by atoms with Gasteiger partial charge in [-0.1, -0.05) is 29.3 Å². The minimum atomic E-state index is -0.467. The Bertz CT molecular complexity index is 1240. The number of aromatic nitrogens is 2. The lowest BCUT2D eigenvalue weighted by molar-refractivity contribution is -0.00540. The minimum absolute atomic E-state index is 0.0222. The lowest BCUT2D eigenvalue weighted by atomic mass is 9.97. The Balaban J connectivity index is 1.73. The van der Waals surface area contributed by atoms with Gasteiger partial charge in [-0.25, -0.2) is 9.37 Å². The van der Waals surface area contributed by atoms with Crippen molar-refractivity contribution >= 4 is 34.8 Å². The third-order valence-electron chi connectivity index (χ3n) is 5.87. The molecular weight excluding hydrogens is 490 g/mol. The number of hydrogen-bond acceptors (Lipinski definition) is 5. The van der Waals surface area contributed by atoms with Gasteiger partial charge in [0.15, 0.2) is 5.82 Å². The highest BCUT2D eigenvalue weighted by molar-refractivity contribution is 6.36. The van der Waals surface area contributed by atoms with E-state index in [0.29, 0.717) is 29.9 Å². The van der Waals surface area contributed by atoms with Crippen LogP contribution < -0.4 is 10.2 Å². The molecule has 1 aromatic carbocycles. The Kier molecular flexibility index (Phi) is 7.59. The van der Waals surface area contributed by atoms with Gasteiger partial charge in [-0.15, -0.1) is 0 Å². The van der Waals surface area contributed by atoms with Gasteiger partial charge in [0.05, 0.1) is 28.5 Å². The molecule has 1 fully saturated rings. The van der Waals surface area contributed by atoms with Crippen LogP contribution in [0.1, 0.15) is 41.2 Å². The molecule has 0 spiro atoms. The molecule has 1 saturated heterocycles. The maximum Gasteiger partial charge on any atom is 0.254 e. The first-order chi connectivity index (χ1) is 16.6. The van der Waals surface area contributed by atoms with E-state index in [9.17, 15) is 4.79 Å². The first-order valence-corrected chi connectivity index (χ1v) is 12.1. The van der Waals surface area contributed by atoms with Crippen molar-refractivity contribution in [3.63, 3.8) is 0 Å². The van der Waals surface area contributed by atoms with Crippen LogP contribution in [0.4, 0.5) is 10.1 Å². The number of anilines is 1. The number of carbonyl (C=O) groups is 1. The van der Waals surface area contributed by atoms with Crippen LogP contribution >= 0.6 is 23.2 Å². The highest BCUT2D eigenvalue weighted by atomic mass is 35.5. The van der Waals surface area contributed by atoms with Crippen LogP contribution in [-0.2, 0) is 11.3 Å². The average Bonchev–Trinajstić information content (AvgIpc) is 2.76. The first kappa shape index (κ1) is 25.4. The second kappa shape index (κ2) is 10.5. The zero-order valence-corrected chi connectivity index (χ0v) is 21.5. The van der Waals surface area contributed by atoms with Crippen LogP contribution in [0.25, 0.3) is 11.1 Å². The molecule has 2 atom stereocenters. The molecule has 4 rings (SSSR count). The lowest BCUT2D eigenvalue weighted by Gasteiger charge is -2.37. The molecule has 1 aliphatic rings. The number of aryl methyl sites for hydroxylation is 2. The van der Waals surface area contributed by atoms with Gasteiger partial charge >= 0.3 is 0 Å². The number of morpholine rings is 1. The van der Waals surface area contributed by atoms with E-state index in [0.717, 1.165) is 17.0 Å². The van der Waals surface area contributed by atoms with E-state index in [-0.39, 0.29) is 40.3 Å². The van der Waals surface area contributed by atoms with Crippen molar-refractivity contribution in [3.8, 4) is 11.1 Å². The summed E-state index contributed by atoms with van der Waals surface area (Å²) < 4.78 is 22.0. The van der Waals surface area contributed by atoms with E-state index in [4.69, 9.17) is 27.9 Å². The van der Waals surface area contributed by atoms with Gasteiger partial charge in [0.25, 0.3) is 5.91 Å².